The molecule has 0 saturated heterocycles. The maximum Gasteiger partial charge on any atom is 0.407 e. The highest BCUT2D eigenvalue weighted by atomic mass is 16.6. The zero-order valence-electron chi connectivity index (χ0n) is 19.1. The summed E-state index contributed by atoms with van der Waals surface area (Å²) in [4.78, 5) is 24.8. The first kappa shape index (κ1) is 22.4. The molecule has 170 valence electrons. The molecular formula is C27H28N2O4. The van der Waals surface area contributed by atoms with Gasteiger partial charge in [-0.2, -0.15) is 0 Å². The molecule has 0 aliphatic heterocycles. The first-order valence-corrected chi connectivity index (χ1v) is 10.9. The molecule has 0 bridgehead atoms. The van der Waals surface area contributed by atoms with Gasteiger partial charge in [-0.25, -0.2) is 9.59 Å². The third-order valence-corrected chi connectivity index (χ3v) is 5.43. The van der Waals surface area contributed by atoms with Gasteiger partial charge in [0.2, 0.25) is 0 Å². The van der Waals surface area contributed by atoms with Crippen LogP contribution in [-0.4, -0.2) is 24.3 Å². The van der Waals surface area contributed by atoms with Crippen molar-refractivity contribution in [1.82, 2.24) is 5.32 Å². The van der Waals surface area contributed by atoms with Gasteiger partial charge in [0.05, 0.1) is 5.56 Å². The van der Waals surface area contributed by atoms with Crippen LogP contribution in [0.4, 0.5) is 10.5 Å². The highest BCUT2D eigenvalue weighted by Gasteiger charge is 2.29. The molecule has 1 amide bonds. The molecule has 6 heteroatoms. The van der Waals surface area contributed by atoms with Gasteiger partial charge in [-0.3, -0.25) is 0 Å². The SMILES string of the molecule is CC(C)(C)OC(=O)c1cc(N)cc(CNC(=O)OCC2c3ccccc3-c3ccccc32)c1. The standard InChI is InChI=1S/C27H28N2O4/c1-27(2,3)33-25(30)18-12-17(13-19(28)14-18)15-29-26(31)32-16-24-22-10-6-4-8-20(22)21-9-5-7-11-23(21)24/h4-14,24H,15-16,28H2,1-3H3,(H,29,31). The zero-order valence-corrected chi connectivity index (χ0v) is 19.1. The quantitative estimate of drug-likeness (QED) is 0.414. The molecule has 0 heterocycles. The first-order valence-electron chi connectivity index (χ1n) is 10.9. The van der Waals surface area contributed by atoms with E-state index in [1.807, 2.05) is 24.3 Å². The lowest BCUT2D eigenvalue weighted by Crippen LogP contribution is -2.26. The van der Waals surface area contributed by atoms with Crippen molar-refractivity contribution in [2.24, 2.45) is 0 Å². The van der Waals surface area contributed by atoms with Crippen molar-refractivity contribution in [2.75, 3.05) is 12.3 Å². The minimum absolute atomic E-state index is 0.00529. The van der Waals surface area contributed by atoms with Gasteiger partial charge in [-0.05, 0) is 66.8 Å². The van der Waals surface area contributed by atoms with Gasteiger partial charge >= 0.3 is 12.1 Å². The third kappa shape index (κ3) is 5.17. The molecule has 6 nitrogen and oxygen atoms in total. The molecule has 3 N–H and O–H groups in total. The molecule has 3 aromatic rings. The molecule has 0 atom stereocenters. The molecule has 0 spiro atoms. The fourth-order valence-corrected chi connectivity index (χ4v) is 4.10. The van der Waals surface area contributed by atoms with Crippen LogP contribution >= 0.6 is 0 Å². The number of hydrogen-bond acceptors (Lipinski definition) is 5. The second kappa shape index (κ2) is 8.98. The molecule has 33 heavy (non-hydrogen) atoms. The molecule has 0 aromatic heterocycles. The van der Waals surface area contributed by atoms with Gasteiger partial charge in [0.1, 0.15) is 12.2 Å². The number of ether oxygens (including phenoxy) is 2. The van der Waals surface area contributed by atoms with Gasteiger partial charge in [-0.1, -0.05) is 48.5 Å². The average molecular weight is 445 g/mol. The number of amides is 1. The van der Waals surface area contributed by atoms with Crippen LogP contribution in [0.5, 0.6) is 0 Å². The van der Waals surface area contributed by atoms with E-state index in [0.29, 0.717) is 16.8 Å². The number of carbonyl (C=O) groups is 2. The van der Waals surface area contributed by atoms with Crippen LogP contribution in [0, 0.1) is 0 Å². The van der Waals surface area contributed by atoms with Crippen molar-refractivity contribution in [1.29, 1.82) is 0 Å². The summed E-state index contributed by atoms with van der Waals surface area (Å²) >= 11 is 0. The van der Waals surface area contributed by atoms with Crippen molar-refractivity contribution >= 4 is 17.7 Å². The van der Waals surface area contributed by atoms with Gasteiger partial charge in [0.15, 0.2) is 0 Å². The Labute approximate surface area is 193 Å². The summed E-state index contributed by atoms with van der Waals surface area (Å²) in [6, 6.07) is 21.3. The lowest BCUT2D eigenvalue weighted by molar-refractivity contribution is 0.00694. The molecule has 0 saturated carbocycles. The van der Waals surface area contributed by atoms with E-state index in [2.05, 4.69) is 29.6 Å². The summed E-state index contributed by atoms with van der Waals surface area (Å²) in [7, 11) is 0. The average Bonchev–Trinajstić information content (AvgIpc) is 3.08. The van der Waals surface area contributed by atoms with E-state index in [-0.39, 0.29) is 19.1 Å². The van der Waals surface area contributed by atoms with E-state index in [1.165, 1.54) is 11.1 Å². The summed E-state index contributed by atoms with van der Waals surface area (Å²) in [6.07, 6.45) is -0.530. The van der Waals surface area contributed by atoms with Crippen LogP contribution in [0.1, 0.15) is 53.7 Å². The number of hydrogen-bond donors (Lipinski definition) is 2. The second-order valence-corrected chi connectivity index (χ2v) is 9.14. The topological polar surface area (TPSA) is 90.6 Å². The summed E-state index contributed by atoms with van der Waals surface area (Å²) in [6.45, 7) is 5.82. The van der Waals surface area contributed by atoms with Crippen molar-refractivity contribution in [3.8, 4) is 11.1 Å². The number of nitrogens with one attached hydrogen (secondary N) is 1. The molecule has 0 fully saturated rings. The van der Waals surface area contributed by atoms with E-state index in [4.69, 9.17) is 15.2 Å². The predicted octanol–water partition coefficient (Wildman–Crippen LogP) is 5.26. The van der Waals surface area contributed by atoms with Crippen molar-refractivity contribution < 1.29 is 19.1 Å². The lowest BCUT2D eigenvalue weighted by atomic mass is 9.98. The monoisotopic (exact) mass is 444 g/mol. The number of nitrogens with two attached hydrogens (primary N) is 1. The Morgan fingerprint density at radius 3 is 2.15 bits per heavy atom. The van der Waals surface area contributed by atoms with E-state index in [0.717, 1.165) is 11.1 Å². The summed E-state index contributed by atoms with van der Waals surface area (Å²) in [5.74, 6) is -0.466. The summed E-state index contributed by atoms with van der Waals surface area (Å²) < 4.78 is 11.0. The fraction of sp³-hybridized carbons (Fsp3) is 0.259. The maximum atomic E-state index is 12.4. The Morgan fingerprint density at radius 2 is 1.55 bits per heavy atom. The number of esters is 1. The van der Waals surface area contributed by atoms with Crippen LogP contribution in [0.2, 0.25) is 0 Å². The van der Waals surface area contributed by atoms with Crippen LogP contribution in [0.25, 0.3) is 11.1 Å². The van der Waals surface area contributed by atoms with E-state index >= 15 is 0 Å². The van der Waals surface area contributed by atoms with Gasteiger partial charge in [-0.15, -0.1) is 0 Å². The van der Waals surface area contributed by atoms with E-state index in [1.54, 1.807) is 39.0 Å². The molecule has 3 aromatic carbocycles. The smallest absolute Gasteiger partial charge is 0.407 e. The first-order chi connectivity index (χ1) is 15.7. The number of fused-ring (bicyclic) bond motifs is 3. The molecule has 1 aliphatic rings. The van der Waals surface area contributed by atoms with Crippen molar-refractivity contribution in [3.63, 3.8) is 0 Å². The Morgan fingerprint density at radius 1 is 0.939 bits per heavy atom. The molecule has 0 radical (unpaired) electrons. The highest BCUT2D eigenvalue weighted by Crippen LogP contribution is 2.44. The van der Waals surface area contributed by atoms with Crippen LogP contribution < -0.4 is 11.1 Å². The van der Waals surface area contributed by atoms with E-state index in [9.17, 15) is 9.59 Å². The van der Waals surface area contributed by atoms with Crippen molar-refractivity contribution in [2.45, 2.75) is 38.8 Å². The molecule has 4 rings (SSSR count). The second-order valence-electron chi connectivity index (χ2n) is 9.14. The van der Waals surface area contributed by atoms with E-state index < -0.39 is 17.7 Å². The number of benzene rings is 3. The maximum absolute atomic E-state index is 12.4. The molecule has 1 aliphatic carbocycles. The minimum atomic E-state index is -0.610. The third-order valence-electron chi connectivity index (χ3n) is 5.43. The summed E-state index contributed by atoms with van der Waals surface area (Å²) in [5.41, 5.74) is 11.5. The zero-order chi connectivity index (χ0) is 23.6. The lowest BCUT2D eigenvalue weighted by Gasteiger charge is -2.20. The Balaban J connectivity index is 1.38. The number of rotatable bonds is 5. The fourth-order valence-electron chi connectivity index (χ4n) is 4.10. The van der Waals surface area contributed by atoms with Crippen LogP contribution in [-0.2, 0) is 16.0 Å². The predicted molar refractivity (Wildman–Crippen MR) is 128 cm³/mol. The number of anilines is 1. The normalized spacial score (nSPS) is 12.6. The van der Waals surface area contributed by atoms with Crippen molar-refractivity contribution in [3.05, 3.63) is 89.0 Å². The number of nitrogen functional groups attached to an aromatic ring is 1. The number of alkyl carbamates (subject to hydrolysis) is 1. The van der Waals surface area contributed by atoms with Gasteiger partial charge in [0.25, 0.3) is 0 Å². The number of carbonyl (C=O) groups excluding carboxylic acids is 2. The van der Waals surface area contributed by atoms with Crippen LogP contribution in [0.3, 0.4) is 0 Å². The molecular weight excluding hydrogens is 416 g/mol. The van der Waals surface area contributed by atoms with Crippen LogP contribution in [0.15, 0.2) is 66.7 Å². The summed E-state index contributed by atoms with van der Waals surface area (Å²) in [5, 5.41) is 2.74. The largest absolute Gasteiger partial charge is 0.456 e. The Bertz CT molecular complexity index is 1150. The molecule has 0 unspecified atom stereocenters. The van der Waals surface area contributed by atoms with Gasteiger partial charge in [0, 0.05) is 18.2 Å². The van der Waals surface area contributed by atoms with Gasteiger partial charge < -0.3 is 20.5 Å². The minimum Gasteiger partial charge on any atom is -0.456 e. The Hall–Kier alpha value is -3.80. The highest BCUT2D eigenvalue weighted by molar-refractivity contribution is 5.91. The Kier molecular flexibility index (Phi) is 6.09.